The average molecular weight is 344 g/mol. The molecule has 1 aromatic carbocycles. The van der Waals surface area contributed by atoms with Gasteiger partial charge in [-0.3, -0.25) is 9.59 Å². The summed E-state index contributed by atoms with van der Waals surface area (Å²) in [7, 11) is 0. The van der Waals surface area contributed by atoms with Gasteiger partial charge in [0.2, 0.25) is 5.91 Å². The van der Waals surface area contributed by atoms with Gasteiger partial charge in [-0.15, -0.1) is 0 Å². The third-order valence-corrected chi connectivity index (χ3v) is 3.88. The van der Waals surface area contributed by atoms with Gasteiger partial charge in [0.1, 0.15) is 17.3 Å². The van der Waals surface area contributed by atoms with Gasteiger partial charge in [-0.2, -0.15) is 0 Å². The number of hydrogen-bond acceptors (Lipinski definition) is 4. The number of aromatic hydroxyl groups is 1. The van der Waals surface area contributed by atoms with E-state index in [0.717, 1.165) is 6.42 Å². The highest BCUT2D eigenvalue weighted by atomic mass is 16.3. The number of nitrogens with zero attached hydrogens (tertiary/aromatic N) is 1. The maximum absolute atomic E-state index is 12.5. The summed E-state index contributed by atoms with van der Waals surface area (Å²) < 4.78 is 5.34. The number of furan rings is 1. The lowest BCUT2D eigenvalue weighted by atomic mass is 10.2. The monoisotopic (exact) mass is 344 g/mol. The third kappa shape index (κ3) is 4.86. The minimum atomic E-state index is -0.332. The summed E-state index contributed by atoms with van der Waals surface area (Å²) >= 11 is 0. The number of carbonyl (C=O) groups excluding carboxylic acids is 2. The zero-order valence-electron chi connectivity index (χ0n) is 14.8. The van der Waals surface area contributed by atoms with Crippen molar-refractivity contribution in [3.05, 3.63) is 53.0 Å². The van der Waals surface area contributed by atoms with E-state index in [2.05, 4.69) is 5.32 Å². The molecule has 0 radical (unpaired) electrons. The molecule has 6 nitrogen and oxygen atoms in total. The maximum atomic E-state index is 12.5. The molecule has 0 aliphatic carbocycles. The average Bonchev–Trinajstić information content (AvgIpc) is 2.92. The molecule has 2 amide bonds. The summed E-state index contributed by atoms with van der Waals surface area (Å²) in [6.45, 7) is 6.21. The van der Waals surface area contributed by atoms with E-state index in [-0.39, 0.29) is 24.1 Å². The largest absolute Gasteiger partial charge is 0.508 e. The molecule has 0 aliphatic rings. The second-order valence-electron chi connectivity index (χ2n) is 5.95. The van der Waals surface area contributed by atoms with Crippen molar-refractivity contribution in [3.8, 4) is 5.75 Å². The molecular weight excluding hydrogens is 320 g/mol. The summed E-state index contributed by atoms with van der Waals surface area (Å²) in [5, 5.41) is 12.5. The first-order valence-electron chi connectivity index (χ1n) is 8.32. The van der Waals surface area contributed by atoms with Crippen LogP contribution in [0.15, 0.2) is 34.7 Å². The van der Waals surface area contributed by atoms with E-state index in [1.807, 2.05) is 13.0 Å². The van der Waals surface area contributed by atoms with E-state index in [4.69, 9.17) is 4.42 Å². The van der Waals surface area contributed by atoms with Crippen LogP contribution < -0.4 is 5.32 Å². The van der Waals surface area contributed by atoms with Crippen molar-refractivity contribution in [1.29, 1.82) is 0 Å². The van der Waals surface area contributed by atoms with Gasteiger partial charge in [0.15, 0.2) is 0 Å². The van der Waals surface area contributed by atoms with Crippen LogP contribution in [0.3, 0.4) is 0 Å². The summed E-state index contributed by atoms with van der Waals surface area (Å²) in [6.07, 6.45) is 0.785. The topological polar surface area (TPSA) is 82.8 Å². The van der Waals surface area contributed by atoms with E-state index in [1.54, 1.807) is 43.0 Å². The number of amides is 2. The summed E-state index contributed by atoms with van der Waals surface area (Å²) in [4.78, 5) is 26.3. The first kappa shape index (κ1) is 18.6. The number of hydrogen-bond donors (Lipinski definition) is 2. The number of benzene rings is 1. The van der Waals surface area contributed by atoms with E-state index in [9.17, 15) is 14.7 Å². The highest BCUT2D eigenvalue weighted by Crippen LogP contribution is 2.18. The number of aryl methyl sites for hydroxylation is 2. The molecule has 1 heterocycles. The Hall–Kier alpha value is -2.76. The van der Waals surface area contributed by atoms with E-state index >= 15 is 0 Å². The van der Waals surface area contributed by atoms with Gasteiger partial charge >= 0.3 is 0 Å². The predicted octanol–water partition coefficient (Wildman–Crippen LogP) is 2.77. The number of rotatable bonds is 7. The third-order valence-electron chi connectivity index (χ3n) is 3.88. The normalized spacial score (nSPS) is 10.5. The first-order valence-corrected chi connectivity index (χ1v) is 8.32. The Morgan fingerprint density at radius 3 is 2.56 bits per heavy atom. The highest BCUT2D eigenvalue weighted by molar-refractivity contribution is 5.97. The van der Waals surface area contributed by atoms with E-state index in [1.165, 1.54) is 0 Å². The first-order chi connectivity index (χ1) is 11.9. The van der Waals surface area contributed by atoms with Crippen LogP contribution in [-0.2, 0) is 11.3 Å². The van der Waals surface area contributed by atoms with Crippen molar-refractivity contribution in [1.82, 2.24) is 10.2 Å². The zero-order valence-corrected chi connectivity index (χ0v) is 14.8. The van der Waals surface area contributed by atoms with Crippen molar-refractivity contribution in [3.63, 3.8) is 0 Å². The van der Waals surface area contributed by atoms with Gasteiger partial charge in [0.25, 0.3) is 5.91 Å². The maximum Gasteiger partial charge on any atom is 0.255 e. The second-order valence-corrected chi connectivity index (χ2v) is 5.95. The Balaban J connectivity index is 1.99. The van der Waals surface area contributed by atoms with Crippen LogP contribution in [0.1, 0.15) is 40.8 Å². The van der Waals surface area contributed by atoms with Crippen molar-refractivity contribution in [2.45, 2.75) is 33.7 Å². The van der Waals surface area contributed by atoms with Crippen LogP contribution >= 0.6 is 0 Å². The molecule has 1 aromatic heterocycles. The number of phenolic OH excluding ortho intramolecular Hbond substituents is 1. The zero-order chi connectivity index (χ0) is 18.4. The Morgan fingerprint density at radius 2 is 1.96 bits per heavy atom. The van der Waals surface area contributed by atoms with Crippen LogP contribution in [0.4, 0.5) is 0 Å². The molecule has 0 spiro atoms. The molecule has 134 valence electrons. The molecule has 2 aromatic rings. The fourth-order valence-electron chi connectivity index (χ4n) is 2.63. The van der Waals surface area contributed by atoms with Crippen molar-refractivity contribution >= 4 is 11.8 Å². The number of nitrogens with one attached hydrogen (secondary N) is 1. The van der Waals surface area contributed by atoms with Crippen LogP contribution in [-0.4, -0.2) is 34.9 Å². The molecule has 0 bridgehead atoms. The lowest BCUT2D eigenvalue weighted by Gasteiger charge is -2.23. The number of phenols is 1. The second kappa shape index (κ2) is 8.37. The Morgan fingerprint density at radius 1 is 1.24 bits per heavy atom. The molecule has 6 heteroatoms. The number of para-hydroxylation sites is 1. The van der Waals surface area contributed by atoms with Crippen molar-refractivity contribution in [2.75, 3.05) is 13.1 Å². The standard InChI is InChI=1S/C19H24N2O4/c1-4-9-21(12-15-7-5-6-8-17(15)22)18(23)11-20-19(24)16-10-13(2)25-14(16)3/h5-8,10,22H,4,9,11-12H2,1-3H3,(H,20,24). The molecular formula is C19H24N2O4. The molecule has 0 saturated carbocycles. The van der Waals surface area contributed by atoms with Crippen LogP contribution in [0.25, 0.3) is 0 Å². The Kier molecular flexibility index (Phi) is 6.22. The number of carbonyl (C=O) groups is 2. The van der Waals surface area contributed by atoms with E-state index < -0.39 is 0 Å². The molecule has 0 fully saturated rings. The van der Waals surface area contributed by atoms with E-state index in [0.29, 0.717) is 35.7 Å². The SMILES string of the molecule is CCCN(Cc1ccccc1O)C(=O)CNC(=O)c1cc(C)oc1C. The fourth-order valence-corrected chi connectivity index (χ4v) is 2.63. The smallest absolute Gasteiger partial charge is 0.255 e. The quantitative estimate of drug-likeness (QED) is 0.809. The van der Waals surface area contributed by atoms with Crippen molar-refractivity contribution < 1.29 is 19.1 Å². The van der Waals surface area contributed by atoms with Gasteiger partial charge in [-0.1, -0.05) is 25.1 Å². The van der Waals surface area contributed by atoms with Gasteiger partial charge in [0, 0.05) is 18.7 Å². The molecule has 2 N–H and O–H groups in total. The summed E-state index contributed by atoms with van der Waals surface area (Å²) in [5.41, 5.74) is 1.12. The summed E-state index contributed by atoms with van der Waals surface area (Å²) in [6, 6.07) is 8.58. The van der Waals surface area contributed by atoms with Gasteiger partial charge in [-0.05, 0) is 32.4 Å². The van der Waals surface area contributed by atoms with Gasteiger partial charge in [0.05, 0.1) is 12.1 Å². The molecule has 0 atom stereocenters. The minimum Gasteiger partial charge on any atom is -0.508 e. The molecule has 25 heavy (non-hydrogen) atoms. The Labute approximate surface area is 147 Å². The lowest BCUT2D eigenvalue weighted by Crippen LogP contribution is -2.40. The minimum absolute atomic E-state index is 0.101. The fraction of sp³-hybridized carbons (Fsp3) is 0.368. The van der Waals surface area contributed by atoms with Crippen LogP contribution in [0.5, 0.6) is 5.75 Å². The van der Waals surface area contributed by atoms with Crippen LogP contribution in [0, 0.1) is 13.8 Å². The molecule has 2 rings (SSSR count). The van der Waals surface area contributed by atoms with Gasteiger partial charge in [-0.25, -0.2) is 0 Å². The van der Waals surface area contributed by atoms with Gasteiger partial charge < -0.3 is 19.7 Å². The lowest BCUT2D eigenvalue weighted by molar-refractivity contribution is -0.130. The highest BCUT2D eigenvalue weighted by Gasteiger charge is 2.18. The predicted molar refractivity (Wildman–Crippen MR) is 94.3 cm³/mol. The van der Waals surface area contributed by atoms with Crippen molar-refractivity contribution in [2.24, 2.45) is 0 Å². The summed E-state index contributed by atoms with van der Waals surface area (Å²) in [5.74, 6) is 0.811. The molecule has 0 aliphatic heterocycles. The van der Waals surface area contributed by atoms with Crippen LogP contribution in [0.2, 0.25) is 0 Å². The molecule has 0 saturated heterocycles. The Bertz CT molecular complexity index is 752. The molecule has 0 unspecified atom stereocenters.